The topological polar surface area (TPSA) is 21.3 Å². The predicted octanol–water partition coefficient (Wildman–Crippen LogP) is 2.82. The van der Waals surface area contributed by atoms with E-state index >= 15 is 0 Å². The van der Waals surface area contributed by atoms with E-state index in [-0.39, 0.29) is 12.3 Å². The minimum atomic E-state index is -4.09. The van der Waals surface area contributed by atoms with Gasteiger partial charge in [-0.2, -0.15) is 8.78 Å². The van der Waals surface area contributed by atoms with Gasteiger partial charge in [0, 0.05) is 6.54 Å². The largest absolute Gasteiger partial charge is 0.494 e. The Bertz CT molecular complexity index is 397. The number of hydrogen-bond donors (Lipinski definition) is 1. The van der Waals surface area contributed by atoms with Crippen LogP contribution in [0.5, 0.6) is 5.75 Å². The van der Waals surface area contributed by atoms with Crippen LogP contribution in [0.25, 0.3) is 0 Å². The molecule has 0 aliphatic rings. The SMILES string of the molecule is COc1ccc(CNCC(F)(F)C(F)F)cc1F. The molecule has 0 unspecified atom stereocenters. The van der Waals surface area contributed by atoms with E-state index in [0.717, 1.165) is 6.07 Å². The van der Waals surface area contributed by atoms with E-state index in [0.29, 0.717) is 5.56 Å². The van der Waals surface area contributed by atoms with E-state index in [1.807, 2.05) is 0 Å². The maximum absolute atomic E-state index is 13.2. The molecule has 0 aromatic heterocycles. The van der Waals surface area contributed by atoms with Crippen LogP contribution in [0.15, 0.2) is 18.2 Å². The molecule has 0 saturated carbocycles. The van der Waals surface area contributed by atoms with Gasteiger partial charge in [-0.05, 0) is 17.7 Å². The lowest BCUT2D eigenvalue weighted by Crippen LogP contribution is -2.38. The molecule has 0 atom stereocenters. The normalized spacial score (nSPS) is 11.9. The van der Waals surface area contributed by atoms with Crippen molar-refractivity contribution in [3.05, 3.63) is 29.6 Å². The molecule has 7 heteroatoms. The summed E-state index contributed by atoms with van der Waals surface area (Å²) in [5.41, 5.74) is 0.360. The second kappa shape index (κ2) is 5.99. The van der Waals surface area contributed by atoms with Gasteiger partial charge in [0.2, 0.25) is 0 Å². The third kappa shape index (κ3) is 3.83. The Balaban J connectivity index is 2.52. The van der Waals surface area contributed by atoms with Crippen molar-refractivity contribution in [1.29, 1.82) is 0 Å². The molecule has 0 aliphatic heterocycles. The predicted molar refractivity (Wildman–Crippen MR) is 55.6 cm³/mol. The number of alkyl halides is 4. The fourth-order valence-corrected chi connectivity index (χ4v) is 1.27. The number of hydrogen-bond acceptors (Lipinski definition) is 2. The quantitative estimate of drug-likeness (QED) is 0.802. The molecule has 0 heterocycles. The molecule has 0 spiro atoms. The van der Waals surface area contributed by atoms with Crippen LogP contribution >= 0.6 is 0 Å². The average molecular weight is 269 g/mol. The summed E-state index contributed by atoms with van der Waals surface area (Å²) in [4.78, 5) is 0. The van der Waals surface area contributed by atoms with Crippen molar-refractivity contribution in [3.63, 3.8) is 0 Å². The highest BCUT2D eigenvalue weighted by molar-refractivity contribution is 5.29. The summed E-state index contributed by atoms with van der Waals surface area (Å²) >= 11 is 0. The van der Waals surface area contributed by atoms with Crippen molar-refractivity contribution in [2.45, 2.75) is 18.9 Å². The van der Waals surface area contributed by atoms with Crippen LogP contribution in [0, 0.1) is 5.82 Å². The Kier molecular flexibility index (Phi) is 4.89. The third-order valence-corrected chi connectivity index (χ3v) is 2.23. The van der Waals surface area contributed by atoms with Gasteiger partial charge in [0.1, 0.15) is 0 Å². The molecular weight excluding hydrogens is 257 g/mol. The second-order valence-corrected chi connectivity index (χ2v) is 3.63. The summed E-state index contributed by atoms with van der Waals surface area (Å²) < 4.78 is 66.6. The molecule has 18 heavy (non-hydrogen) atoms. The molecule has 0 bridgehead atoms. The summed E-state index contributed by atoms with van der Waals surface area (Å²) in [6.45, 7) is -1.30. The van der Waals surface area contributed by atoms with Gasteiger partial charge in [-0.15, -0.1) is 0 Å². The summed E-state index contributed by atoms with van der Waals surface area (Å²) in [5, 5.41) is 2.15. The molecule has 0 saturated heterocycles. The minimum absolute atomic E-state index is 0.0247. The van der Waals surface area contributed by atoms with Gasteiger partial charge < -0.3 is 10.1 Å². The van der Waals surface area contributed by atoms with E-state index in [9.17, 15) is 22.0 Å². The Hall–Kier alpha value is -1.37. The molecule has 1 N–H and O–H groups in total. The van der Waals surface area contributed by atoms with Gasteiger partial charge in [-0.25, -0.2) is 13.2 Å². The van der Waals surface area contributed by atoms with E-state index in [1.165, 1.54) is 19.2 Å². The second-order valence-electron chi connectivity index (χ2n) is 3.63. The molecule has 102 valence electrons. The van der Waals surface area contributed by atoms with Gasteiger partial charge >= 0.3 is 12.3 Å². The highest BCUT2D eigenvalue weighted by Gasteiger charge is 2.39. The third-order valence-electron chi connectivity index (χ3n) is 2.23. The van der Waals surface area contributed by atoms with Crippen molar-refractivity contribution in [2.24, 2.45) is 0 Å². The number of ether oxygens (including phenoxy) is 1. The van der Waals surface area contributed by atoms with Crippen LogP contribution in [-0.2, 0) is 6.54 Å². The summed E-state index contributed by atoms with van der Waals surface area (Å²) in [5.74, 6) is -4.71. The van der Waals surface area contributed by atoms with Gasteiger partial charge in [0.15, 0.2) is 11.6 Å². The maximum Gasteiger partial charge on any atom is 0.319 e. The van der Waals surface area contributed by atoms with Gasteiger partial charge in [0.25, 0.3) is 0 Å². The lowest BCUT2D eigenvalue weighted by Gasteiger charge is -2.15. The maximum atomic E-state index is 13.2. The Morgan fingerprint density at radius 2 is 2.00 bits per heavy atom. The molecule has 1 aromatic carbocycles. The summed E-state index contributed by atoms with van der Waals surface area (Å²) in [6, 6.07) is 3.87. The molecular formula is C11H12F5NO. The van der Waals surface area contributed by atoms with Gasteiger partial charge in [0.05, 0.1) is 13.7 Å². The average Bonchev–Trinajstić information content (AvgIpc) is 2.29. The highest BCUT2D eigenvalue weighted by atomic mass is 19.3. The van der Waals surface area contributed by atoms with Crippen molar-refractivity contribution < 1.29 is 26.7 Å². The molecule has 0 amide bonds. The van der Waals surface area contributed by atoms with Crippen molar-refractivity contribution >= 4 is 0 Å². The fraction of sp³-hybridized carbons (Fsp3) is 0.455. The van der Waals surface area contributed by atoms with E-state index in [1.54, 1.807) is 0 Å². The van der Waals surface area contributed by atoms with Crippen molar-refractivity contribution in [1.82, 2.24) is 5.32 Å². The monoisotopic (exact) mass is 269 g/mol. The first kappa shape index (κ1) is 14.7. The van der Waals surface area contributed by atoms with Crippen LogP contribution in [0.3, 0.4) is 0 Å². The molecule has 1 aromatic rings. The van der Waals surface area contributed by atoms with Gasteiger partial charge in [-0.3, -0.25) is 0 Å². The van der Waals surface area contributed by atoms with Gasteiger partial charge in [-0.1, -0.05) is 6.07 Å². The molecule has 2 nitrogen and oxygen atoms in total. The lowest BCUT2D eigenvalue weighted by atomic mass is 10.2. The Morgan fingerprint density at radius 1 is 1.33 bits per heavy atom. The fourth-order valence-electron chi connectivity index (χ4n) is 1.27. The summed E-state index contributed by atoms with van der Waals surface area (Å²) in [7, 11) is 1.29. The van der Waals surface area contributed by atoms with Crippen LogP contribution in [0.4, 0.5) is 22.0 Å². The first-order chi connectivity index (χ1) is 8.36. The van der Waals surface area contributed by atoms with Crippen molar-refractivity contribution in [3.8, 4) is 5.75 Å². The first-order valence-corrected chi connectivity index (χ1v) is 5.06. The van der Waals surface area contributed by atoms with Crippen LogP contribution in [-0.4, -0.2) is 26.0 Å². The highest BCUT2D eigenvalue weighted by Crippen LogP contribution is 2.22. The molecule has 0 fully saturated rings. The lowest BCUT2D eigenvalue weighted by molar-refractivity contribution is -0.125. The smallest absolute Gasteiger partial charge is 0.319 e. The Labute approximate surface area is 101 Å². The zero-order chi connectivity index (χ0) is 13.8. The number of nitrogens with one attached hydrogen (secondary N) is 1. The number of methoxy groups -OCH3 is 1. The molecule has 1 rings (SSSR count). The number of rotatable bonds is 6. The van der Waals surface area contributed by atoms with E-state index in [2.05, 4.69) is 10.1 Å². The molecule has 0 radical (unpaired) electrons. The zero-order valence-electron chi connectivity index (χ0n) is 9.52. The van der Waals surface area contributed by atoms with Crippen molar-refractivity contribution in [2.75, 3.05) is 13.7 Å². The Morgan fingerprint density at radius 3 is 2.50 bits per heavy atom. The first-order valence-electron chi connectivity index (χ1n) is 5.06. The summed E-state index contributed by atoms with van der Waals surface area (Å²) in [6.07, 6.45) is -3.72. The molecule has 0 aliphatic carbocycles. The van der Waals surface area contributed by atoms with E-state index in [4.69, 9.17) is 0 Å². The standard InChI is InChI=1S/C11H12F5NO/c1-18-9-3-2-7(4-8(9)12)5-17-6-11(15,16)10(13)14/h2-4,10,17H,5-6H2,1H3. The zero-order valence-corrected chi connectivity index (χ0v) is 9.52. The number of halogens is 5. The van der Waals surface area contributed by atoms with Crippen LogP contribution < -0.4 is 10.1 Å². The minimum Gasteiger partial charge on any atom is -0.494 e. The van der Waals surface area contributed by atoms with Crippen LogP contribution in [0.2, 0.25) is 0 Å². The van der Waals surface area contributed by atoms with E-state index < -0.39 is 24.7 Å². The number of benzene rings is 1. The van der Waals surface area contributed by atoms with Crippen LogP contribution in [0.1, 0.15) is 5.56 Å².